The zero-order valence-corrected chi connectivity index (χ0v) is 13.2. The van der Waals surface area contributed by atoms with Crippen LogP contribution in [-0.4, -0.2) is 9.13 Å². The Balaban J connectivity index is 2.13. The van der Waals surface area contributed by atoms with Crippen molar-refractivity contribution in [2.45, 2.75) is 5.38 Å². The molecule has 0 fully saturated rings. The van der Waals surface area contributed by atoms with Crippen LogP contribution >= 0.6 is 23.2 Å². The Bertz CT molecular complexity index is 880. The quantitative estimate of drug-likeness (QED) is 0.659. The van der Waals surface area contributed by atoms with Gasteiger partial charge in [-0.05, 0) is 35.4 Å². The number of alkyl halides is 1. The van der Waals surface area contributed by atoms with E-state index >= 15 is 0 Å². The van der Waals surface area contributed by atoms with Crippen molar-refractivity contribution in [1.29, 1.82) is 0 Å². The normalized spacial score (nSPS) is 12.8. The third kappa shape index (κ3) is 2.37. The minimum absolute atomic E-state index is 0.0453. The van der Waals surface area contributed by atoms with E-state index in [2.05, 4.69) is 0 Å². The van der Waals surface area contributed by atoms with Crippen LogP contribution in [0.5, 0.6) is 0 Å². The van der Waals surface area contributed by atoms with Gasteiger partial charge in [0.25, 0.3) is 0 Å². The molecule has 2 aromatic carbocycles. The molecule has 0 N–H and O–H groups in total. The molecule has 3 rings (SSSR count). The van der Waals surface area contributed by atoms with Gasteiger partial charge in [0.2, 0.25) is 0 Å². The monoisotopic (exact) mass is 320 g/mol. The predicted molar refractivity (Wildman–Crippen MR) is 87.3 cm³/mol. The standard InChI is InChI=1S/C16H14Cl2N2O/c1-19-13-7-6-11(9-14(13)20(2)16(19)21)15(18)10-4-3-5-12(17)8-10/h3-9,15H,1-2H3. The Kier molecular flexibility index (Phi) is 3.56. The molecule has 0 saturated carbocycles. The molecule has 1 atom stereocenters. The van der Waals surface area contributed by atoms with Gasteiger partial charge in [-0.3, -0.25) is 9.13 Å². The average molecular weight is 321 g/mol. The van der Waals surface area contributed by atoms with E-state index in [1.165, 1.54) is 0 Å². The molecule has 3 aromatic rings. The van der Waals surface area contributed by atoms with Crippen LogP contribution in [0, 0.1) is 0 Å². The molecule has 0 spiro atoms. The molecule has 3 nitrogen and oxygen atoms in total. The van der Waals surface area contributed by atoms with Crippen molar-refractivity contribution in [2.75, 3.05) is 0 Å². The summed E-state index contributed by atoms with van der Waals surface area (Å²) < 4.78 is 3.25. The first-order valence-electron chi connectivity index (χ1n) is 6.54. The Hall–Kier alpha value is -1.71. The van der Waals surface area contributed by atoms with Gasteiger partial charge in [0, 0.05) is 19.1 Å². The number of benzene rings is 2. The number of hydrogen-bond acceptors (Lipinski definition) is 1. The lowest BCUT2D eigenvalue weighted by atomic mass is 10.0. The summed E-state index contributed by atoms with van der Waals surface area (Å²) >= 11 is 12.6. The first-order valence-corrected chi connectivity index (χ1v) is 7.35. The van der Waals surface area contributed by atoms with Crippen molar-refractivity contribution in [3.8, 4) is 0 Å². The molecular formula is C16H14Cl2N2O. The van der Waals surface area contributed by atoms with Crippen LogP contribution in [-0.2, 0) is 14.1 Å². The SMILES string of the molecule is Cn1c(=O)n(C)c2cc(C(Cl)c3cccc(Cl)c3)ccc21. The summed E-state index contributed by atoms with van der Waals surface area (Å²) in [4.78, 5) is 12.0. The van der Waals surface area contributed by atoms with Gasteiger partial charge in [0.05, 0.1) is 16.4 Å². The summed E-state index contributed by atoms with van der Waals surface area (Å²) in [5.41, 5.74) is 3.59. The number of aryl methyl sites for hydroxylation is 2. The summed E-state index contributed by atoms with van der Waals surface area (Å²) in [6.07, 6.45) is 0. The summed E-state index contributed by atoms with van der Waals surface area (Å²) in [6.45, 7) is 0. The van der Waals surface area contributed by atoms with Crippen LogP contribution in [0.4, 0.5) is 0 Å². The Morgan fingerprint density at radius 3 is 2.33 bits per heavy atom. The van der Waals surface area contributed by atoms with Gasteiger partial charge >= 0.3 is 5.69 Å². The molecule has 0 aliphatic heterocycles. The molecule has 108 valence electrons. The molecule has 0 aliphatic rings. The Morgan fingerprint density at radius 2 is 1.62 bits per heavy atom. The molecule has 0 amide bonds. The van der Waals surface area contributed by atoms with E-state index in [1.807, 2.05) is 42.5 Å². The summed E-state index contributed by atoms with van der Waals surface area (Å²) in [5, 5.41) is 0.356. The van der Waals surface area contributed by atoms with Gasteiger partial charge in [0.1, 0.15) is 0 Å². The van der Waals surface area contributed by atoms with E-state index in [0.29, 0.717) is 5.02 Å². The zero-order chi connectivity index (χ0) is 15.1. The summed E-state index contributed by atoms with van der Waals surface area (Å²) in [5.74, 6) is 0. The van der Waals surface area contributed by atoms with Gasteiger partial charge in [-0.25, -0.2) is 4.79 Å². The highest BCUT2D eigenvalue weighted by molar-refractivity contribution is 6.30. The lowest BCUT2D eigenvalue weighted by Gasteiger charge is -2.11. The lowest BCUT2D eigenvalue weighted by Crippen LogP contribution is -2.19. The number of imidazole rings is 1. The van der Waals surface area contributed by atoms with E-state index < -0.39 is 0 Å². The maximum atomic E-state index is 12.0. The zero-order valence-electron chi connectivity index (χ0n) is 11.7. The van der Waals surface area contributed by atoms with Crippen molar-refractivity contribution >= 4 is 34.2 Å². The van der Waals surface area contributed by atoms with E-state index in [9.17, 15) is 4.79 Å². The number of nitrogens with zero attached hydrogens (tertiary/aromatic N) is 2. The maximum Gasteiger partial charge on any atom is 0.328 e. The molecule has 0 radical (unpaired) electrons. The van der Waals surface area contributed by atoms with E-state index in [1.54, 1.807) is 23.2 Å². The van der Waals surface area contributed by atoms with E-state index in [-0.39, 0.29) is 11.1 Å². The van der Waals surface area contributed by atoms with Gasteiger partial charge < -0.3 is 0 Å². The molecule has 1 unspecified atom stereocenters. The molecule has 21 heavy (non-hydrogen) atoms. The molecule has 1 heterocycles. The number of halogens is 2. The van der Waals surface area contributed by atoms with Crippen molar-refractivity contribution < 1.29 is 0 Å². The van der Waals surface area contributed by atoms with Crippen LogP contribution in [0.25, 0.3) is 11.0 Å². The van der Waals surface area contributed by atoms with Gasteiger partial charge in [-0.15, -0.1) is 11.6 Å². The van der Waals surface area contributed by atoms with Crippen molar-refractivity contribution in [2.24, 2.45) is 14.1 Å². The fraction of sp³-hybridized carbons (Fsp3) is 0.188. The van der Waals surface area contributed by atoms with Gasteiger partial charge in [-0.1, -0.05) is 29.8 Å². The molecule has 0 aliphatic carbocycles. The van der Waals surface area contributed by atoms with Crippen molar-refractivity contribution in [3.63, 3.8) is 0 Å². The molecular weight excluding hydrogens is 307 g/mol. The highest BCUT2D eigenvalue weighted by Gasteiger charge is 2.14. The minimum Gasteiger partial charge on any atom is -0.295 e. The first kappa shape index (κ1) is 14.2. The second kappa shape index (κ2) is 5.24. The Labute approximate surface area is 132 Å². The minimum atomic E-state index is -0.302. The van der Waals surface area contributed by atoms with Crippen LogP contribution in [0.15, 0.2) is 47.3 Å². The molecule has 0 bridgehead atoms. The van der Waals surface area contributed by atoms with Gasteiger partial charge in [-0.2, -0.15) is 0 Å². The fourth-order valence-electron chi connectivity index (χ4n) is 2.54. The summed E-state index contributed by atoms with van der Waals surface area (Å²) in [7, 11) is 3.52. The second-order valence-electron chi connectivity index (χ2n) is 5.07. The fourth-order valence-corrected chi connectivity index (χ4v) is 3.01. The average Bonchev–Trinajstić information content (AvgIpc) is 2.71. The predicted octanol–water partition coefficient (Wildman–Crippen LogP) is 3.86. The topological polar surface area (TPSA) is 26.9 Å². The van der Waals surface area contributed by atoms with Crippen LogP contribution < -0.4 is 5.69 Å². The number of hydrogen-bond donors (Lipinski definition) is 0. The third-order valence-electron chi connectivity index (χ3n) is 3.73. The molecule has 1 aromatic heterocycles. The smallest absolute Gasteiger partial charge is 0.295 e. The van der Waals surface area contributed by atoms with Crippen molar-refractivity contribution in [3.05, 3.63) is 69.1 Å². The highest BCUT2D eigenvalue weighted by atomic mass is 35.5. The summed E-state index contributed by atoms with van der Waals surface area (Å²) in [6, 6.07) is 13.3. The van der Waals surface area contributed by atoms with E-state index in [0.717, 1.165) is 22.2 Å². The largest absolute Gasteiger partial charge is 0.328 e. The Morgan fingerprint density at radius 1 is 0.952 bits per heavy atom. The lowest BCUT2D eigenvalue weighted by molar-refractivity contribution is 0.795. The third-order valence-corrected chi connectivity index (χ3v) is 4.47. The molecule has 0 saturated heterocycles. The maximum absolute atomic E-state index is 12.0. The highest BCUT2D eigenvalue weighted by Crippen LogP contribution is 2.31. The van der Waals surface area contributed by atoms with Gasteiger partial charge in [0.15, 0.2) is 0 Å². The number of rotatable bonds is 2. The first-order chi connectivity index (χ1) is 9.99. The van der Waals surface area contributed by atoms with E-state index in [4.69, 9.17) is 23.2 Å². The number of aromatic nitrogens is 2. The van der Waals surface area contributed by atoms with Crippen LogP contribution in [0.2, 0.25) is 5.02 Å². The molecule has 5 heteroatoms. The second-order valence-corrected chi connectivity index (χ2v) is 5.94. The van der Waals surface area contributed by atoms with Crippen molar-refractivity contribution in [1.82, 2.24) is 9.13 Å². The number of fused-ring (bicyclic) bond motifs is 1. The van der Waals surface area contributed by atoms with Crippen LogP contribution in [0.1, 0.15) is 16.5 Å². The van der Waals surface area contributed by atoms with Crippen LogP contribution in [0.3, 0.4) is 0 Å².